The molecule has 2 N–H and O–H groups in total. The normalized spacial score (nSPS) is 35.3. The van der Waals surface area contributed by atoms with Gasteiger partial charge >= 0.3 is 0 Å². The molecule has 4 unspecified atom stereocenters. The molecule has 2 heterocycles. The predicted octanol–water partition coefficient (Wildman–Crippen LogP) is 2.14. The van der Waals surface area contributed by atoms with Crippen molar-refractivity contribution in [3.8, 4) is 0 Å². The second-order valence-corrected chi connectivity index (χ2v) is 6.02. The molecule has 1 saturated heterocycles. The Labute approximate surface area is 114 Å². The molecule has 4 atom stereocenters. The van der Waals surface area contributed by atoms with Crippen molar-refractivity contribution in [3.63, 3.8) is 0 Å². The van der Waals surface area contributed by atoms with Crippen molar-refractivity contribution in [2.75, 3.05) is 11.9 Å². The highest BCUT2D eigenvalue weighted by Crippen LogP contribution is 2.40. The van der Waals surface area contributed by atoms with Crippen molar-refractivity contribution >= 4 is 11.6 Å². The van der Waals surface area contributed by atoms with Crippen molar-refractivity contribution in [1.82, 2.24) is 10.3 Å². The Hall–Kier alpha value is -1.29. The third kappa shape index (κ3) is 2.08. The Balaban J connectivity index is 1.99. The zero-order valence-electron chi connectivity index (χ0n) is 11.7. The van der Waals surface area contributed by atoms with Crippen molar-refractivity contribution in [1.29, 1.82) is 0 Å². The van der Waals surface area contributed by atoms with Crippen LogP contribution in [-0.2, 0) is 4.79 Å². The molecular formula is C15H23N3O. The highest BCUT2D eigenvalue weighted by Gasteiger charge is 2.43. The molecule has 2 aliphatic rings. The molecule has 3 rings (SSSR count). The maximum Gasteiger partial charge on any atom is 0.244 e. The highest BCUT2D eigenvalue weighted by atomic mass is 16.2. The Kier molecular flexibility index (Phi) is 3.35. The number of anilines is 1. The number of carbonyl (C=O) groups excluding carboxylic acids is 1. The van der Waals surface area contributed by atoms with E-state index in [0.717, 1.165) is 18.5 Å². The lowest BCUT2D eigenvalue weighted by Gasteiger charge is -2.31. The van der Waals surface area contributed by atoms with Crippen LogP contribution >= 0.6 is 0 Å². The zero-order valence-corrected chi connectivity index (χ0v) is 11.7. The van der Waals surface area contributed by atoms with E-state index in [-0.39, 0.29) is 11.9 Å². The van der Waals surface area contributed by atoms with Crippen LogP contribution in [0.15, 0.2) is 18.5 Å². The van der Waals surface area contributed by atoms with Crippen LogP contribution in [0.5, 0.6) is 0 Å². The first kappa shape index (κ1) is 12.7. The second kappa shape index (κ2) is 5.00. The summed E-state index contributed by atoms with van der Waals surface area (Å²) in [7, 11) is 1.90. The number of carbonyl (C=O) groups is 1. The van der Waals surface area contributed by atoms with Gasteiger partial charge < -0.3 is 15.2 Å². The van der Waals surface area contributed by atoms with Crippen molar-refractivity contribution < 1.29 is 4.79 Å². The average molecular weight is 261 g/mol. The minimum atomic E-state index is -0.0551. The molecule has 104 valence electrons. The van der Waals surface area contributed by atoms with E-state index in [9.17, 15) is 4.79 Å². The summed E-state index contributed by atoms with van der Waals surface area (Å²) < 4.78 is 0. The van der Waals surface area contributed by atoms with E-state index >= 15 is 0 Å². The van der Waals surface area contributed by atoms with Gasteiger partial charge in [-0.25, -0.2) is 0 Å². The van der Waals surface area contributed by atoms with E-state index in [1.54, 1.807) is 0 Å². The summed E-state index contributed by atoms with van der Waals surface area (Å²) in [5.74, 6) is 1.31. The summed E-state index contributed by atoms with van der Waals surface area (Å²) in [6, 6.07) is 2.35. The number of amides is 1. The van der Waals surface area contributed by atoms with E-state index in [4.69, 9.17) is 0 Å². The van der Waals surface area contributed by atoms with Crippen LogP contribution in [0.3, 0.4) is 0 Å². The van der Waals surface area contributed by atoms with Crippen LogP contribution in [0.4, 0.5) is 5.69 Å². The number of hydrogen-bond acceptors (Lipinski definition) is 2. The lowest BCUT2D eigenvalue weighted by Crippen LogP contribution is -2.50. The summed E-state index contributed by atoms with van der Waals surface area (Å²) in [4.78, 5) is 18.0. The maximum atomic E-state index is 12.9. The first-order valence-electron chi connectivity index (χ1n) is 7.35. The molecule has 0 aromatic carbocycles. The molecule has 4 nitrogen and oxygen atoms in total. The fraction of sp³-hybridized carbons (Fsp3) is 0.667. The summed E-state index contributed by atoms with van der Waals surface area (Å²) in [6.07, 6.45) is 8.65. The lowest BCUT2D eigenvalue weighted by molar-refractivity contribution is -0.121. The van der Waals surface area contributed by atoms with Gasteiger partial charge in [-0.3, -0.25) is 4.79 Å². The molecule has 2 fully saturated rings. The summed E-state index contributed by atoms with van der Waals surface area (Å²) >= 11 is 0. The standard InChI is InChI=1S/C15H23N3O/c1-10-8-11-4-3-5-13(11)18(12-6-7-17-9-12)15(19)14(10)16-2/h6-7,9-11,13-14,16-17H,3-5,8H2,1-2H3. The van der Waals surface area contributed by atoms with Crippen LogP contribution in [0.2, 0.25) is 0 Å². The molecule has 4 heteroatoms. The zero-order chi connectivity index (χ0) is 13.4. The largest absolute Gasteiger partial charge is 0.366 e. The van der Waals surface area contributed by atoms with Gasteiger partial charge in [0, 0.05) is 18.4 Å². The average Bonchev–Trinajstić information content (AvgIpc) is 3.02. The SMILES string of the molecule is CNC1C(=O)N(c2cc[nH]c2)C2CCCC2CC1C. The molecule has 0 bridgehead atoms. The summed E-state index contributed by atoms with van der Waals surface area (Å²) in [5.41, 5.74) is 1.02. The molecule has 1 aliphatic heterocycles. The molecule has 1 aromatic heterocycles. The summed E-state index contributed by atoms with van der Waals surface area (Å²) in [5, 5.41) is 3.22. The fourth-order valence-electron chi connectivity index (χ4n) is 3.99. The van der Waals surface area contributed by atoms with E-state index < -0.39 is 0 Å². The van der Waals surface area contributed by atoms with Crippen LogP contribution in [0.1, 0.15) is 32.6 Å². The van der Waals surface area contributed by atoms with Crippen molar-refractivity contribution in [3.05, 3.63) is 18.5 Å². The van der Waals surface area contributed by atoms with Gasteiger partial charge in [-0.05, 0) is 44.2 Å². The molecule has 1 saturated carbocycles. The molecule has 19 heavy (non-hydrogen) atoms. The Morgan fingerprint density at radius 3 is 2.95 bits per heavy atom. The van der Waals surface area contributed by atoms with Gasteiger partial charge in [0.2, 0.25) is 5.91 Å². The number of likely N-dealkylation sites (N-methyl/N-ethyl adjacent to an activating group) is 1. The second-order valence-electron chi connectivity index (χ2n) is 6.02. The molecule has 1 aromatic rings. The fourth-order valence-corrected chi connectivity index (χ4v) is 3.99. The Morgan fingerprint density at radius 1 is 1.42 bits per heavy atom. The van der Waals surface area contributed by atoms with E-state index in [0.29, 0.717) is 17.9 Å². The Morgan fingerprint density at radius 2 is 2.26 bits per heavy atom. The number of nitrogens with one attached hydrogen (secondary N) is 2. The number of fused-ring (bicyclic) bond motifs is 1. The quantitative estimate of drug-likeness (QED) is 0.857. The van der Waals surface area contributed by atoms with Crippen molar-refractivity contribution in [2.24, 2.45) is 11.8 Å². The first-order chi connectivity index (χ1) is 9.22. The van der Waals surface area contributed by atoms with Gasteiger partial charge in [0.05, 0.1) is 11.7 Å². The molecule has 0 spiro atoms. The number of nitrogens with zero attached hydrogens (tertiary/aromatic N) is 1. The van der Waals surface area contributed by atoms with Crippen LogP contribution < -0.4 is 10.2 Å². The minimum Gasteiger partial charge on any atom is -0.366 e. The van der Waals surface area contributed by atoms with Gasteiger partial charge in [0.15, 0.2) is 0 Å². The predicted molar refractivity (Wildman–Crippen MR) is 76.0 cm³/mol. The Bertz CT molecular complexity index is 442. The van der Waals surface area contributed by atoms with Crippen molar-refractivity contribution in [2.45, 2.75) is 44.7 Å². The molecule has 0 radical (unpaired) electrons. The molecule has 1 amide bonds. The van der Waals surface area contributed by atoms with Crippen LogP contribution in [-0.4, -0.2) is 30.0 Å². The van der Waals surface area contributed by atoms with Crippen LogP contribution in [0, 0.1) is 11.8 Å². The first-order valence-corrected chi connectivity index (χ1v) is 7.35. The number of H-pyrrole nitrogens is 1. The third-order valence-electron chi connectivity index (χ3n) is 4.87. The molecular weight excluding hydrogens is 238 g/mol. The number of hydrogen-bond donors (Lipinski definition) is 2. The summed E-state index contributed by atoms with van der Waals surface area (Å²) in [6.45, 7) is 2.20. The minimum absolute atomic E-state index is 0.0551. The smallest absolute Gasteiger partial charge is 0.244 e. The maximum absolute atomic E-state index is 12.9. The van der Waals surface area contributed by atoms with Gasteiger partial charge in [-0.1, -0.05) is 13.3 Å². The van der Waals surface area contributed by atoms with Gasteiger partial charge in [0.1, 0.15) is 0 Å². The third-order valence-corrected chi connectivity index (χ3v) is 4.87. The van der Waals surface area contributed by atoms with Gasteiger partial charge in [-0.15, -0.1) is 0 Å². The lowest BCUT2D eigenvalue weighted by atomic mass is 9.90. The van der Waals surface area contributed by atoms with E-state index in [1.807, 2.05) is 25.5 Å². The number of rotatable bonds is 2. The monoisotopic (exact) mass is 261 g/mol. The number of aromatic amines is 1. The number of aromatic nitrogens is 1. The van der Waals surface area contributed by atoms with E-state index in [2.05, 4.69) is 22.1 Å². The topological polar surface area (TPSA) is 48.1 Å². The van der Waals surface area contributed by atoms with E-state index in [1.165, 1.54) is 12.8 Å². The van der Waals surface area contributed by atoms with Gasteiger partial charge in [0.25, 0.3) is 0 Å². The van der Waals surface area contributed by atoms with Crippen LogP contribution in [0.25, 0.3) is 0 Å². The highest BCUT2D eigenvalue weighted by molar-refractivity contribution is 5.98. The van der Waals surface area contributed by atoms with Gasteiger partial charge in [-0.2, -0.15) is 0 Å². The molecule has 1 aliphatic carbocycles.